The number of aromatic nitrogens is 2. The molecular weight excluding hydrogens is 336 g/mol. The summed E-state index contributed by atoms with van der Waals surface area (Å²) in [6.07, 6.45) is 9.43. The average molecular weight is 367 g/mol. The Hall–Kier alpha value is -2.14. The largest absolute Gasteiger partial charge is 0.349 e. The third-order valence-corrected chi connectivity index (χ3v) is 6.48. The summed E-state index contributed by atoms with van der Waals surface area (Å²) in [5, 5.41) is 7.67. The number of nitrogens with one attached hydrogen (secondary N) is 1. The van der Waals surface area contributed by atoms with E-state index in [2.05, 4.69) is 22.5 Å². The number of carbonyl (C=O) groups excluding carboxylic acids is 1. The van der Waals surface area contributed by atoms with Gasteiger partial charge in [0.15, 0.2) is 0 Å². The summed E-state index contributed by atoms with van der Waals surface area (Å²) in [4.78, 5) is 12.8. The number of hydrogen-bond donors (Lipinski definition) is 2. The minimum Gasteiger partial charge on any atom is -0.349 e. The van der Waals surface area contributed by atoms with Crippen LogP contribution in [0.4, 0.5) is 0 Å². The monoisotopic (exact) mass is 366 g/mol. The third-order valence-electron chi connectivity index (χ3n) is 6.48. The van der Waals surface area contributed by atoms with Gasteiger partial charge in [0.25, 0.3) is 0 Å². The third kappa shape index (κ3) is 4.08. The van der Waals surface area contributed by atoms with Gasteiger partial charge in [0.1, 0.15) is 0 Å². The van der Waals surface area contributed by atoms with E-state index in [1.165, 1.54) is 24.8 Å². The molecule has 4 rings (SSSR count). The van der Waals surface area contributed by atoms with Crippen molar-refractivity contribution in [2.75, 3.05) is 0 Å². The fourth-order valence-electron chi connectivity index (χ4n) is 4.88. The molecule has 2 aromatic rings. The van der Waals surface area contributed by atoms with E-state index in [-0.39, 0.29) is 17.9 Å². The van der Waals surface area contributed by atoms with Crippen LogP contribution in [0.25, 0.3) is 0 Å². The van der Waals surface area contributed by atoms with E-state index in [0.29, 0.717) is 17.9 Å². The molecule has 1 amide bonds. The molecule has 0 aliphatic heterocycles. The van der Waals surface area contributed by atoms with Crippen molar-refractivity contribution in [3.05, 3.63) is 53.9 Å². The van der Waals surface area contributed by atoms with E-state index >= 15 is 0 Å². The lowest BCUT2D eigenvalue weighted by molar-refractivity contribution is -0.128. The first-order valence-electron chi connectivity index (χ1n) is 10.2. The summed E-state index contributed by atoms with van der Waals surface area (Å²) in [6, 6.07) is 10.5. The molecule has 27 heavy (non-hydrogen) atoms. The number of rotatable bonds is 5. The second kappa shape index (κ2) is 7.85. The van der Waals surface area contributed by atoms with E-state index in [9.17, 15) is 4.79 Å². The highest BCUT2D eigenvalue weighted by atomic mass is 16.1. The maximum absolute atomic E-state index is 12.8. The lowest BCUT2D eigenvalue weighted by Crippen LogP contribution is -2.49. The fraction of sp³-hybridized carbons (Fsp3) is 0.545. The van der Waals surface area contributed by atoms with Crippen molar-refractivity contribution in [2.45, 2.75) is 57.7 Å². The van der Waals surface area contributed by atoms with Crippen molar-refractivity contribution < 1.29 is 4.79 Å². The molecule has 5 nitrogen and oxygen atoms in total. The Balaban J connectivity index is 1.35. The molecule has 2 saturated carbocycles. The summed E-state index contributed by atoms with van der Waals surface area (Å²) in [7, 11) is 0. The second-order valence-electron chi connectivity index (χ2n) is 8.38. The Kier molecular flexibility index (Phi) is 5.30. The highest BCUT2D eigenvalue weighted by molar-refractivity contribution is 5.79. The van der Waals surface area contributed by atoms with Gasteiger partial charge in [0, 0.05) is 23.7 Å². The van der Waals surface area contributed by atoms with Crippen LogP contribution in [-0.2, 0) is 11.3 Å². The van der Waals surface area contributed by atoms with Crippen LogP contribution in [0.1, 0.15) is 56.2 Å². The van der Waals surface area contributed by atoms with Crippen LogP contribution < -0.4 is 11.1 Å². The van der Waals surface area contributed by atoms with Crippen LogP contribution >= 0.6 is 0 Å². The second-order valence-corrected chi connectivity index (χ2v) is 8.38. The van der Waals surface area contributed by atoms with Gasteiger partial charge in [-0.15, -0.1) is 0 Å². The number of amides is 1. The quantitative estimate of drug-likeness (QED) is 0.853. The predicted octanol–water partition coefficient (Wildman–Crippen LogP) is 3.26. The Morgan fingerprint density at radius 3 is 2.67 bits per heavy atom. The summed E-state index contributed by atoms with van der Waals surface area (Å²) >= 11 is 0. The molecule has 3 N–H and O–H groups in total. The lowest BCUT2D eigenvalue weighted by Gasteiger charge is -2.43. The molecule has 5 heteroatoms. The molecule has 1 aromatic carbocycles. The Labute approximate surface area is 161 Å². The molecule has 2 aliphatic carbocycles. The van der Waals surface area contributed by atoms with Crippen molar-refractivity contribution in [1.29, 1.82) is 0 Å². The topological polar surface area (TPSA) is 72.9 Å². The SMILES string of the molecule is CC(NC(=O)C1CC2CCCC(C1)C2N)c1cnn(Cc2ccccc2)c1. The molecule has 2 fully saturated rings. The molecule has 3 atom stereocenters. The van der Waals surface area contributed by atoms with Crippen molar-refractivity contribution in [3.63, 3.8) is 0 Å². The molecular formula is C22H30N4O. The summed E-state index contributed by atoms with van der Waals surface area (Å²) in [5.74, 6) is 1.35. The Morgan fingerprint density at radius 2 is 1.96 bits per heavy atom. The molecule has 2 bridgehead atoms. The van der Waals surface area contributed by atoms with Gasteiger partial charge in [-0.25, -0.2) is 0 Å². The maximum Gasteiger partial charge on any atom is 0.223 e. The number of fused-ring (bicyclic) bond motifs is 2. The molecule has 3 unspecified atom stereocenters. The summed E-state index contributed by atoms with van der Waals surface area (Å²) in [5.41, 5.74) is 8.63. The molecule has 1 aromatic heterocycles. The number of hydrogen-bond acceptors (Lipinski definition) is 3. The number of nitrogens with two attached hydrogens (primary N) is 1. The van der Waals surface area contributed by atoms with Crippen molar-refractivity contribution >= 4 is 5.91 Å². The van der Waals surface area contributed by atoms with Gasteiger partial charge >= 0.3 is 0 Å². The molecule has 2 aliphatic rings. The molecule has 0 radical (unpaired) electrons. The maximum atomic E-state index is 12.8. The zero-order valence-corrected chi connectivity index (χ0v) is 16.1. The standard InChI is InChI=1S/C22H30N4O/c1-15(20-12-24-26(14-20)13-16-6-3-2-4-7-16)25-22(27)19-10-17-8-5-9-18(11-19)21(17)23/h2-4,6-7,12,14-15,17-19,21H,5,8-11,13,23H2,1H3,(H,25,27). The number of benzene rings is 1. The molecule has 1 heterocycles. The van der Waals surface area contributed by atoms with Crippen LogP contribution in [0, 0.1) is 17.8 Å². The molecule has 144 valence electrons. The molecule has 0 saturated heterocycles. The first-order chi connectivity index (χ1) is 13.1. The van der Waals surface area contributed by atoms with Gasteiger partial charge in [-0.3, -0.25) is 9.48 Å². The van der Waals surface area contributed by atoms with Crippen LogP contribution in [0.5, 0.6) is 0 Å². The van der Waals surface area contributed by atoms with Gasteiger partial charge in [0.2, 0.25) is 5.91 Å². The average Bonchev–Trinajstić information content (AvgIpc) is 3.11. The van der Waals surface area contributed by atoms with Gasteiger partial charge in [-0.05, 0) is 50.0 Å². The van der Waals surface area contributed by atoms with E-state index in [1.54, 1.807) is 0 Å². The molecule has 0 spiro atoms. The summed E-state index contributed by atoms with van der Waals surface area (Å²) in [6.45, 7) is 2.78. The predicted molar refractivity (Wildman–Crippen MR) is 106 cm³/mol. The summed E-state index contributed by atoms with van der Waals surface area (Å²) < 4.78 is 1.93. The van der Waals surface area contributed by atoms with Gasteiger partial charge in [0.05, 0.1) is 18.8 Å². The Morgan fingerprint density at radius 1 is 1.26 bits per heavy atom. The minimum absolute atomic E-state index is 0.0301. The first-order valence-corrected chi connectivity index (χ1v) is 10.2. The smallest absolute Gasteiger partial charge is 0.223 e. The van der Waals surface area contributed by atoms with Crippen LogP contribution in [0.2, 0.25) is 0 Å². The zero-order chi connectivity index (χ0) is 18.8. The Bertz CT molecular complexity index is 758. The van der Waals surface area contributed by atoms with Gasteiger partial charge < -0.3 is 11.1 Å². The van der Waals surface area contributed by atoms with Crippen molar-refractivity contribution in [3.8, 4) is 0 Å². The van der Waals surface area contributed by atoms with E-state index in [1.807, 2.05) is 42.2 Å². The number of carbonyl (C=O) groups is 1. The van der Waals surface area contributed by atoms with Crippen molar-refractivity contribution in [1.82, 2.24) is 15.1 Å². The highest BCUT2D eigenvalue weighted by Gasteiger charge is 2.40. The van der Waals surface area contributed by atoms with E-state index < -0.39 is 0 Å². The van der Waals surface area contributed by atoms with E-state index in [4.69, 9.17) is 5.73 Å². The van der Waals surface area contributed by atoms with Crippen LogP contribution in [0.3, 0.4) is 0 Å². The zero-order valence-electron chi connectivity index (χ0n) is 16.1. The fourth-order valence-corrected chi connectivity index (χ4v) is 4.88. The van der Waals surface area contributed by atoms with Crippen molar-refractivity contribution in [2.24, 2.45) is 23.5 Å². The van der Waals surface area contributed by atoms with Crippen LogP contribution in [0.15, 0.2) is 42.7 Å². The normalized spacial score (nSPS) is 28.5. The first kappa shape index (κ1) is 18.2. The highest BCUT2D eigenvalue weighted by Crippen LogP contribution is 2.42. The van der Waals surface area contributed by atoms with Gasteiger partial charge in [-0.2, -0.15) is 5.10 Å². The number of nitrogens with zero attached hydrogens (tertiary/aromatic N) is 2. The van der Waals surface area contributed by atoms with Crippen LogP contribution in [-0.4, -0.2) is 21.7 Å². The minimum atomic E-state index is -0.0301. The lowest BCUT2D eigenvalue weighted by atomic mass is 9.65. The van der Waals surface area contributed by atoms with Gasteiger partial charge in [-0.1, -0.05) is 36.8 Å². The van der Waals surface area contributed by atoms with E-state index in [0.717, 1.165) is 24.9 Å².